The molecule has 0 aliphatic heterocycles. The average Bonchev–Trinajstić information content (AvgIpc) is 3.46. The smallest absolute Gasteiger partial charge is 0.404 e. The Morgan fingerprint density at radius 3 is 2.73 bits per heavy atom. The number of hydrogen-bond acceptors (Lipinski definition) is 8. The van der Waals surface area contributed by atoms with Crippen molar-refractivity contribution in [3.63, 3.8) is 0 Å². The normalized spacial score (nSPS) is 18.7. The van der Waals surface area contributed by atoms with E-state index in [0.717, 1.165) is 35.6 Å². The second-order valence-electron chi connectivity index (χ2n) is 7.75. The van der Waals surface area contributed by atoms with Gasteiger partial charge in [-0.1, -0.05) is 13.0 Å². The van der Waals surface area contributed by atoms with E-state index in [9.17, 15) is 13.2 Å². The number of carbonyl (C=O) groups excluding carboxylic acids is 1. The lowest BCUT2D eigenvalue weighted by Crippen LogP contribution is -2.26. The highest BCUT2D eigenvalue weighted by Gasteiger charge is 2.27. The third-order valence-corrected chi connectivity index (χ3v) is 8.24. The van der Waals surface area contributed by atoms with Crippen molar-refractivity contribution in [3.05, 3.63) is 41.8 Å². The van der Waals surface area contributed by atoms with Gasteiger partial charge in [-0.25, -0.2) is 27.9 Å². The van der Waals surface area contributed by atoms with Crippen LogP contribution in [0.1, 0.15) is 43.5 Å². The molecule has 1 fully saturated rings. The highest BCUT2D eigenvalue weighted by Crippen LogP contribution is 2.40. The number of amides is 1. The minimum absolute atomic E-state index is 0.149. The van der Waals surface area contributed by atoms with Crippen LogP contribution in [-0.4, -0.2) is 42.1 Å². The van der Waals surface area contributed by atoms with Gasteiger partial charge >= 0.3 is 6.09 Å². The molecule has 0 unspecified atom stereocenters. The van der Waals surface area contributed by atoms with E-state index in [1.165, 1.54) is 11.3 Å². The summed E-state index contributed by atoms with van der Waals surface area (Å²) in [4.78, 5) is 23.6. The Balaban J connectivity index is 1.59. The number of carbonyl (C=O) groups is 1. The number of nitrogens with two attached hydrogens (primary N) is 1. The largest absolute Gasteiger partial charge is 0.446 e. The predicted molar refractivity (Wildman–Crippen MR) is 126 cm³/mol. The topological polar surface area (TPSA) is 152 Å². The van der Waals surface area contributed by atoms with Crippen LogP contribution in [0.15, 0.2) is 41.7 Å². The number of nitrogens with zero attached hydrogens (tertiary/aromatic N) is 2. The Morgan fingerprint density at radius 1 is 1.27 bits per heavy atom. The molecule has 1 amide bonds. The van der Waals surface area contributed by atoms with Crippen LogP contribution in [0.2, 0.25) is 0 Å². The Hall–Kier alpha value is -2.96. The molecule has 0 spiro atoms. The summed E-state index contributed by atoms with van der Waals surface area (Å²) in [5, 5.41) is 4.03. The molecule has 3 aromatic rings. The van der Waals surface area contributed by atoms with Crippen molar-refractivity contribution in [2.45, 2.75) is 49.5 Å². The number of anilines is 2. The molecular formula is C21H26N6O4S2. The van der Waals surface area contributed by atoms with Gasteiger partial charge in [0.2, 0.25) is 16.0 Å². The molecule has 0 atom stereocenters. The average molecular weight is 491 g/mol. The second kappa shape index (κ2) is 9.89. The minimum atomic E-state index is -3.73. The molecule has 1 aromatic carbocycles. The SMILES string of the molecule is CCNS(=O)(=O)c1cc(Nc2ncc[nH]2)ccc1-c1cnc([C@H]2CC[C@H](OC(N)=O)CC2)s1. The van der Waals surface area contributed by atoms with Gasteiger partial charge in [-0.15, -0.1) is 11.3 Å². The van der Waals surface area contributed by atoms with E-state index < -0.39 is 16.1 Å². The first-order chi connectivity index (χ1) is 15.9. The van der Waals surface area contributed by atoms with Crippen molar-refractivity contribution in [1.29, 1.82) is 0 Å². The van der Waals surface area contributed by atoms with Crippen LogP contribution in [0.4, 0.5) is 16.4 Å². The molecule has 0 radical (unpaired) electrons. The summed E-state index contributed by atoms with van der Waals surface area (Å²) < 4.78 is 33.7. The van der Waals surface area contributed by atoms with Crippen LogP contribution in [-0.2, 0) is 14.8 Å². The molecule has 2 heterocycles. The van der Waals surface area contributed by atoms with Gasteiger partial charge in [-0.2, -0.15) is 0 Å². The first-order valence-electron chi connectivity index (χ1n) is 10.7. The number of aromatic nitrogens is 3. The Labute approximate surface area is 196 Å². The lowest BCUT2D eigenvalue weighted by atomic mass is 9.88. The fraction of sp³-hybridized carbons (Fsp3) is 0.381. The maximum absolute atomic E-state index is 13.0. The van der Waals surface area contributed by atoms with Crippen LogP contribution in [0.3, 0.4) is 0 Å². The fourth-order valence-corrected chi connectivity index (χ4v) is 6.43. The fourth-order valence-electron chi connectivity index (χ4n) is 3.96. The van der Waals surface area contributed by atoms with Gasteiger partial charge in [-0.05, 0) is 37.8 Å². The molecule has 4 rings (SSSR count). The Kier molecular flexibility index (Phi) is 6.96. The van der Waals surface area contributed by atoms with Crippen LogP contribution in [0.5, 0.6) is 0 Å². The third-order valence-electron chi connectivity index (χ3n) is 5.46. The third kappa shape index (κ3) is 5.52. The van der Waals surface area contributed by atoms with Crippen molar-refractivity contribution in [2.24, 2.45) is 5.73 Å². The van der Waals surface area contributed by atoms with Crippen molar-refractivity contribution < 1.29 is 17.9 Å². The van der Waals surface area contributed by atoms with Gasteiger partial charge in [0.25, 0.3) is 0 Å². The lowest BCUT2D eigenvalue weighted by molar-refractivity contribution is 0.0787. The molecule has 12 heteroatoms. The molecule has 1 aliphatic carbocycles. The van der Waals surface area contributed by atoms with Gasteiger partial charge in [0.15, 0.2) is 0 Å². The van der Waals surface area contributed by atoms with Crippen molar-refractivity contribution in [1.82, 2.24) is 19.7 Å². The summed E-state index contributed by atoms with van der Waals surface area (Å²) in [5.41, 5.74) is 6.31. The van der Waals surface area contributed by atoms with E-state index in [1.807, 2.05) is 6.07 Å². The summed E-state index contributed by atoms with van der Waals surface area (Å²) in [6, 6.07) is 5.20. The number of ether oxygens (including phenoxy) is 1. The number of thiazole rings is 1. The standard InChI is InChI=1S/C21H26N6O4S2/c1-2-26-33(29,30)18-11-14(27-21-23-9-10-24-21)5-8-16(18)17-12-25-19(32-17)13-3-6-15(7-4-13)31-20(22)28/h5,8-13,15,26H,2-4,6-7H2,1H3,(H2,22,28)(H2,23,24,27)/t13-,15-. The Morgan fingerprint density at radius 2 is 2.06 bits per heavy atom. The van der Waals surface area contributed by atoms with Gasteiger partial charge in [0.1, 0.15) is 6.10 Å². The lowest BCUT2D eigenvalue weighted by Gasteiger charge is -2.26. The zero-order chi connectivity index (χ0) is 23.4. The summed E-state index contributed by atoms with van der Waals surface area (Å²) in [6.45, 7) is 2.02. The highest BCUT2D eigenvalue weighted by atomic mass is 32.2. The van der Waals surface area contributed by atoms with Crippen LogP contribution in [0, 0.1) is 0 Å². The molecule has 1 aliphatic rings. The molecule has 0 bridgehead atoms. The number of hydrogen-bond donors (Lipinski definition) is 4. The van der Waals surface area contributed by atoms with E-state index in [-0.39, 0.29) is 23.5 Å². The predicted octanol–water partition coefficient (Wildman–Crippen LogP) is 3.70. The summed E-state index contributed by atoms with van der Waals surface area (Å²) >= 11 is 1.49. The van der Waals surface area contributed by atoms with Crippen LogP contribution < -0.4 is 15.8 Å². The molecule has 33 heavy (non-hydrogen) atoms. The zero-order valence-corrected chi connectivity index (χ0v) is 19.7. The van der Waals surface area contributed by atoms with E-state index in [2.05, 4.69) is 25.0 Å². The summed E-state index contributed by atoms with van der Waals surface area (Å²) in [7, 11) is -3.73. The van der Waals surface area contributed by atoms with Crippen molar-refractivity contribution in [3.8, 4) is 10.4 Å². The molecule has 0 saturated heterocycles. The number of rotatable bonds is 8. The van der Waals surface area contributed by atoms with Crippen LogP contribution >= 0.6 is 11.3 Å². The quantitative estimate of drug-likeness (QED) is 0.376. The van der Waals surface area contributed by atoms with Gasteiger partial charge < -0.3 is 20.8 Å². The second-order valence-corrected chi connectivity index (χ2v) is 10.5. The highest BCUT2D eigenvalue weighted by molar-refractivity contribution is 7.89. The molecule has 2 aromatic heterocycles. The maximum Gasteiger partial charge on any atom is 0.404 e. The number of aromatic amines is 1. The van der Waals surface area contributed by atoms with Crippen LogP contribution in [0.25, 0.3) is 10.4 Å². The molecule has 1 saturated carbocycles. The van der Waals surface area contributed by atoms with Gasteiger partial charge in [-0.3, -0.25) is 0 Å². The summed E-state index contributed by atoms with van der Waals surface area (Å²) in [5.74, 6) is 0.760. The molecule has 176 valence electrons. The monoisotopic (exact) mass is 490 g/mol. The number of H-pyrrole nitrogens is 1. The van der Waals surface area contributed by atoms with E-state index in [4.69, 9.17) is 10.5 Å². The Bertz CT molecular complexity index is 1200. The van der Waals surface area contributed by atoms with Crippen molar-refractivity contribution >= 4 is 39.1 Å². The van der Waals surface area contributed by atoms with Gasteiger partial charge in [0.05, 0.1) is 14.8 Å². The molecular weight excluding hydrogens is 464 g/mol. The molecule has 5 N–H and O–H groups in total. The maximum atomic E-state index is 13.0. The first kappa shape index (κ1) is 23.2. The number of imidazole rings is 1. The number of sulfonamides is 1. The molecule has 10 nitrogen and oxygen atoms in total. The van der Waals surface area contributed by atoms with E-state index in [0.29, 0.717) is 17.2 Å². The van der Waals surface area contributed by atoms with Gasteiger partial charge in [0, 0.05) is 42.3 Å². The zero-order valence-electron chi connectivity index (χ0n) is 18.1. The minimum Gasteiger partial charge on any atom is -0.446 e. The van der Waals surface area contributed by atoms with E-state index >= 15 is 0 Å². The summed E-state index contributed by atoms with van der Waals surface area (Å²) in [6.07, 6.45) is 7.26. The van der Waals surface area contributed by atoms with E-state index in [1.54, 1.807) is 37.6 Å². The number of nitrogens with one attached hydrogen (secondary N) is 3. The number of primary amides is 1. The first-order valence-corrected chi connectivity index (χ1v) is 13.0. The van der Waals surface area contributed by atoms with Crippen molar-refractivity contribution in [2.75, 3.05) is 11.9 Å². The number of benzene rings is 1.